The van der Waals surface area contributed by atoms with Gasteiger partial charge in [0, 0.05) is 25.0 Å². The Bertz CT molecular complexity index is 423. The maximum absolute atomic E-state index is 11.5. The van der Waals surface area contributed by atoms with Gasteiger partial charge in [-0.2, -0.15) is 5.26 Å². The van der Waals surface area contributed by atoms with Crippen LogP contribution in [0.4, 0.5) is 0 Å². The summed E-state index contributed by atoms with van der Waals surface area (Å²) in [4.78, 5) is 11.5. The molecule has 0 spiro atoms. The Balaban J connectivity index is 2.43. The van der Waals surface area contributed by atoms with Crippen LogP contribution in [0, 0.1) is 11.3 Å². The molecule has 0 aliphatic rings. The van der Waals surface area contributed by atoms with Crippen molar-refractivity contribution >= 4 is 5.91 Å². The molecule has 0 aliphatic heterocycles. The van der Waals surface area contributed by atoms with Crippen LogP contribution in [0.2, 0.25) is 0 Å². The lowest BCUT2D eigenvalue weighted by molar-refractivity contribution is -0.121. The number of carbonyl (C=O) groups excluding carboxylic acids is 1. The molecule has 4 heteroatoms. The van der Waals surface area contributed by atoms with Gasteiger partial charge in [-0.1, -0.05) is 30.3 Å². The van der Waals surface area contributed by atoms with Gasteiger partial charge in [-0.25, -0.2) is 0 Å². The van der Waals surface area contributed by atoms with Crippen LogP contribution >= 0.6 is 0 Å². The van der Waals surface area contributed by atoms with Crippen LogP contribution in [0.5, 0.6) is 0 Å². The van der Waals surface area contributed by atoms with Gasteiger partial charge >= 0.3 is 0 Å². The molecule has 1 rings (SSSR count). The van der Waals surface area contributed by atoms with E-state index in [1.165, 1.54) is 0 Å². The van der Waals surface area contributed by atoms with Gasteiger partial charge < -0.3 is 10.6 Å². The molecule has 1 unspecified atom stereocenters. The molecule has 0 bridgehead atoms. The van der Waals surface area contributed by atoms with Gasteiger partial charge in [-0.3, -0.25) is 4.79 Å². The second kappa shape index (κ2) is 8.28. The van der Waals surface area contributed by atoms with Crippen molar-refractivity contribution in [1.29, 1.82) is 5.26 Å². The second-order valence-corrected chi connectivity index (χ2v) is 4.75. The molecule has 0 radical (unpaired) electrons. The summed E-state index contributed by atoms with van der Waals surface area (Å²) in [6, 6.07) is 12.1. The van der Waals surface area contributed by atoms with Gasteiger partial charge in [0.1, 0.15) is 0 Å². The van der Waals surface area contributed by atoms with Gasteiger partial charge in [-0.05, 0) is 19.4 Å². The molecule has 0 aromatic heterocycles. The minimum Gasteiger partial charge on any atom is -0.354 e. The predicted octanol–water partition coefficient (Wildman–Crippen LogP) is 2.15. The topological polar surface area (TPSA) is 64.9 Å². The van der Waals surface area contributed by atoms with Crippen molar-refractivity contribution in [2.24, 2.45) is 0 Å². The Morgan fingerprint density at radius 3 is 2.58 bits per heavy atom. The summed E-state index contributed by atoms with van der Waals surface area (Å²) in [6.45, 7) is 4.45. The first-order chi connectivity index (χ1) is 9.13. The highest BCUT2D eigenvalue weighted by Crippen LogP contribution is 2.15. The summed E-state index contributed by atoms with van der Waals surface area (Å²) in [7, 11) is 0. The van der Waals surface area contributed by atoms with Crippen molar-refractivity contribution in [2.45, 2.75) is 38.8 Å². The van der Waals surface area contributed by atoms with Gasteiger partial charge in [0.05, 0.1) is 12.5 Å². The van der Waals surface area contributed by atoms with Crippen molar-refractivity contribution in [2.75, 3.05) is 6.54 Å². The average Bonchev–Trinajstić information content (AvgIpc) is 2.38. The molecule has 0 saturated carbocycles. The highest BCUT2D eigenvalue weighted by Gasteiger charge is 2.11. The summed E-state index contributed by atoms with van der Waals surface area (Å²) >= 11 is 0. The lowest BCUT2D eigenvalue weighted by Gasteiger charge is -2.16. The smallest absolute Gasteiger partial charge is 0.221 e. The Morgan fingerprint density at radius 2 is 2.00 bits per heavy atom. The van der Waals surface area contributed by atoms with Gasteiger partial charge in [0.15, 0.2) is 0 Å². The third-order valence-corrected chi connectivity index (χ3v) is 2.69. The standard InChI is InChI=1S/C15H21N3O/c1-12(2)18-15(19)9-11-17-14(8-10-16)13-6-4-3-5-7-13/h3-7,12,14,17H,8-9,11H2,1-2H3,(H,18,19). The number of nitriles is 1. The Labute approximate surface area is 114 Å². The van der Waals surface area contributed by atoms with E-state index >= 15 is 0 Å². The zero-order chi connectivity index (χ0) is 14.1. The van der Waals surface area contributed by atoms with Crippen LogP contribution < -0.4 is 10.6 Å². The molecular weight excluding hydrogens is 238 g/mol. The van der Waals surface area contributed by atoms with Gasteiger partial charge in [-0.15, -0.1) is 0 Å². The van der Waals surface area contributed by atoms with E-state index in [-0.39, 0.29) is 18.0 Å². The molecule has 1 amide bonds. The zero-order valence-corrected chi connectivity index (χ0v) is 11.5. The lowest BCUT2D eigenvalue weighted by atomic mass is 10.0. The van der Waals surface area contributed by atoms with Crippen LogP contribution in [-0.4, -0.2) is 18.5 Å². The molecule has 1 aromatic rings. The highest BCUT2D eigenvalue weighted by molar-refractivity contribution is 5.76. The Morgan fingerprint density at radius 1 is 1.32 bits per heavy atom. The first kappa shape index (κ1) is 15.2. The Kier molecular flexibility index (Phi) is 6.62. The third kappa shape index (κ3) is 6.03. The number of amides is 1. The molecule has 102 valence electrons. The van der Waals surface area contributed by atoms with Crippen LogP contribution in [0.3, 0.4) is 0 Å². The highest BCUT2D eigenvalue weighted by atomic mass is 16.1. The fourth-order valence-electron chi connectivity index (χ4n) is 1.84. The van der Waals surface area contributed by atoms with Crippen molar-refractivity contribution in [3.05, 3.63) is 35.9 Å². The number of rotatable bonds is 7. The lowest BCUT2D eigenvalue weighted by Crippen LogP contribution is -2.33. The Hall–Kier alpha value is -1.86. The predicted molar refractivity (Wildman–Crippen MR) is 75.3 cm³/mol. The summed E-state index contributed by atoms with van der Waals surface area (Å²) in [5.41, 5.74) is 1.08. The van der Waals surface area contributed by atoms with Gasteiger partial charge in [0.2, 0.25) is 5.91 Å². The second-order valence-electron chi connectivity index (χ2n) is 4.75. The van der Waals surface area contributed by atoms with E-state index in [1.54, 1.807) is 0 Å². The van der Waals surface area contributed by atoms with E-state index in [0.717, 1.165) is 5.56 Å². The monoisotopic (exact) mass is 259 g/mol. The summed E-state index contributed by atoms with van der Waals surface area (Å²) in [5.74, 6) is 0.0336. The summed E-state index contributed by atoms with van der Waals surface area (Å²) in [5, 5.41) is 15.0. The maximum Gasteiger partial charge on any atom is 0.221 e. The number of hydrogen-bond donors (Lipinski definition) is 2. The first-order valence-corrected chi connectivity index (χ1v) is 6.58. The first-order valence-electron chi connectivity index (χ1n) is 6.58. The molecule has 1 atom stereocenters. The molecule has 4 nitrogen and oxygen atoms in total. The maximum atomic E-state index is 11.5. The molecule has 0 heterocycles. The molecule has 2 N–H and O–H groups in total. The zero-order valence-electron chi connectivity index (χ0n) is 11.5. The average molecular weight is 259 g/mol. The van der Waals surface area contributed by atoms with Crippen molar-refractivity contribution in [3.63, 3.8) is 0 Å². The molecule has 19 heavy (non-hydrogen) atoms. The van der Waals surface area contributed by atoms with Crippen molar-refractivity contribution in [1.82, 2.24) is 10.6 Å². The van der Waals surface area contributed by atoms with E-state index < -0.39 is 0 Å². The summed E-state index contributed by atoms with van der Waals surface area (Å²) < 4.78 is 0. The number of benzene rings is 1. The fraction of sp³-hybridized carbons (Fsp3) is 0.467. The SMILES string of the molecule is CC(C)NC(=O)CCNC(CC#N)c1ccccc1. The van der Waals surface area contributed by atoms with E-state index in [0.29, 0.717) is 19.4 Å². The molecule has 0 saturated heterocycles. The van der Waals surface area contributed by atoms with Crippen LogP contribution in [0.25, 0.3) is 0 Å². The van der Waals surface area contributed by atoms with E-state index in [4.69, 9.17) is 5.26 Å². The number of carbonyl (C=O) groups is 1. The molecular formula is C15H21N3O. The molecule has 0 fully saturated rings. The minimum atomic E-state index is -0.0157. The van der Waals surface area contributed by atoms with Gasteiger partial charge in [0.25, 0.3) is 0 Å². The fourth-order valence-corrected chi connectivity index (χ4v) is 1.84. The van der Waals surface area contributed by atoms with E-state index in [2.05, 4.69) is 16.7 Å². The number of nitrogens with one attached hydrogen (secondary N) is 2. The van der Waals surface area contributed by atoms with E-state index in [1.807, 2.05) is 44.2 Å². The largest absolute Gasteiger partial charge is 0.354 e. The van der Waals surface area contributed by atoms with Crippen LogP contribution in [0.1, 0.15) is 38.3 Å². The molecule has 0 aliphatic carbocycles. The van der Waals surface area contributed by atoms with Crippen molar-refractivity contribution < 1.29 is 4.79 Å². The van der Waals surface area contributed by atoms with E-state index in [9.17, 15) is 4.79 Å². The minimum absolute atomic E-state index is 0.0157. The number of hydrogen-bond acceptors (Lipinski definition) is 3. The summed E-state index contributed by atoms with van der Waals surface area (Å²) in [6.07, 6.45) is 0.822. The quantitative estimate of drug-likeness (QED) is 0.788. The normalized spacial score (nSPS) is 11.9. The van der Waals surface area contributed by atoms with Crippen LogP contribution in [0.15, 0.2) is 30.3 Å². The van der Waals surface area contributed by atoms with Crippen molar-refractivity contribution in [3.8, 4) is 6.07 Å². The third-order valence-electron chi connectivity index (χ3n) is 2.69. The number of nitrogens with zero attached hydrogens (tertiary/aromatic N) is 1. The van der Waals surface area contributed by atoms with Crippen LogP contribution in [-0.2, 0) is 4.79 Å². The molecule has 1 aromatic carbocycles.